The van der Waals surface area contributed by atoms with Gasteiger partial charge in [-0.05, 0) is 31.0 Å². The lowest BCUT2D eigenvalue weighted by Gasteiger charge is -2.08. The van der Waals surface area contributed by atoms with Crippen LogP contribution in [-0.4, -0.2) is 14.2 Å². The Morgan fingerprint density at radius 1 is 1.38 bits per heavy atom. The fourth-order valence-electron chi connectivity index (χ4n) is 1.22. The third-order valence-corrected chi connectivity index (χ3v) is 3.99. The number of anilines is 1. The molecule has 5 heteroatoms. The number of benzene rings is 1. The van der Waals surface area contributed by atoms with E-state index in [1.807, 2.05) is 13.8 Å². The highest BCUT2D eigenvalue weighted by atomic mass is 35.5. The second kappa shape index (κ2) is 5.55. The fourth-order valence-corrected chi connectivity index (χ4v) is 2.66. The Morgan fingerprint density at radius 2 is 2.06 bits per heavy atom. The molecule has 0 aliphatic heterocycles. The van der Waals surface area contributed by atoms with Crippen molar-refractivity contribution in [3.8, 4) is 0 Å². The molecule has 90 valence electrons. The molecule has 1 aromatic carbocycles. The highest BCUT2D eigenvalue weighted by molar-refractivity contribution is 7.92. The van der Waals surface area contributed by atoms with E-state index in [2.05, 4.69) is 4.72 Å². The number of hydrogen-bond donors (Lipinski definition) is 1. The molecule has 1 N–H and O–H groups in total. The Kier molecular flexibility index (Phi) is 4.62. The lowest BCUT2D eigenvalue weighted by molar-refractivity contribution is 0.598. The topological polar surface area (TPSA) is 46.2 Å². The molecule has 1 rings (SSSR count). The van der Waals surface area contributed by atoms with Crippen LogP contribution in [0.5, 0.6) is 0 Å². The first-order valence-corrected chi connectivity index (χ1v) is 7.24. The second-order valence-corrected chi connectivity index (χ2v) is 5.99. The second-order valence-electron chi connectivity index (χ2n) is 3.74. The van der Waals surface area contributed by atoms with Gasteiger partial charge in [-0.3, -0.25) is 4.72 Å². The van der Waals surface area contributed by atoms with Crippen molar-refractivity contribution in [3.05, 3.63) is 28.8 Å². The van der Waals surface area contributed by atoms with Crippen LogP contribution in [-0.2, 0) is 10.0 Å². The Hall–Kier alpha value is -0.740. The van der Waals surface area contributed by atoms with Gasteiger partial charge in [0, 0.05) is 10.7 Å². The summed E-state index contributed by atoms with van der Waals surface area (Å²) in [6.45, 7) is 3.83. The highest BCUT2D eigenvalue weighted by Gasteiger charge is 2.09. The van der Waals surface area contributed by atoms with E-state index in [4.69, 9.17) is 11.6 Å². The minimum atomic E-state index is -3.24. The number of aryl methyl sites for hydroxylation is 1. The van der Waals surface area contributed by atoms with E-state index in [1.54, 1.807) is 18.2 Å². The molecule has 0 radical (unpaired) electrons. The van der Waals surface area contributed by atoms with Gasteiger partial charge in [0.1, 0.15) is 0 Å². The zero-order valence-electron chi connectivity index (χ0n) is 9.46. The number of nitrogens with one attached hydrogen (secondary N) is 1. The van der Waals surface area contributed by atoms with Crippen LogP contribution in [0, 0.1) is 6.92 Å². The number of halogens is 1. The Bertz CT molecular complexity index is 457. The molecule has 0 spiro atoms. The predicted octanol–water partition coefficient (Wildman–Crippen LogP) is 3.19. The van der Waals surface area contributed by atoms with Crippen molar-refractivity contribution in [2.45, 2.75) is 26.7 Å². The first-order chi connectivity index (χ1) is 7.44. The summed E-state index contributed by atoms with van der Waals surface area (Å²) in [5.74, 6) is 0.148. The van der Waals surface area contributed by atoms with E-state index < -0.39 is 10.0 Å². The van der Waals surface area contributed by atoms with Gasteiger partial charge in [0.25, 0.3) is 0 Å². The molecular formula is C11H16ClNO2S. The molecule has 1 aromatic rings. The van der Waals surface area contributed by atoms with Crippen molar-refractivity contribution in [1.29, 1.82) is 0 Å². The molecule has 0 saturated carbocycles. The molecule has 3 nitrogen and oxygen atoms in total. The fraction of sp³-hybridized carbons (Fsp3) is 0.455. The van der Waals surface area contributed by atoms with Crippen LogP contribution in [0.15, 0.2) is 18.2 Å². The molecule has 0 unspecified atom stereocenters. The van der Waals surface area contributed by atoms with Crippen molar-refractivity contribution in [3.63, 3.8) is 0 Å². The molecule has 0 atom stereocenters. The van der Waals surface area contributed by atoms with Gasteiger partial charge in [0.2, 0.25) is 10.0 Å². The quantitative estimate of drug-likeness (QED) is 0.885. The van der Waals surface area contributed by atoms with Crippen LogP contribution in [0.3, 0.4) is 0 Å². The van der Waals surface area contributed by atoms with Gasteiger partial charge in [-0.15, -0.1) is 0 Å². The zero-order valence-corrected chi connectivity index (χ0v) is 11.0. The van der Waals surface area contributed by atoms with E-state index in [0.29, 0.717) is 17.1 Å². The Labute approximate surface area is 102 Å². The van der Waals surface area contributed by atoms with Crippen LogP contribution >= 0.6 is 11.6 Å². The minimum Gasteiger partial charge on any atom is -0.284 e. The van der Waals surface area contributed by atoms with E-state index in [-0.39, 0.29) is 5.75 Å². The molecular weight excluding hydrogens is 246 g/mol. The van der Waals surface area contributed by atoms with Crippen LogP contribution in [0.2, 0.25) is 5.02 Å². The first kappa shape index (κ1) is 13.3. The average Bonchev–Trinajstić information content (AvgIpc) is 2.20. The van der Waals surface area contributed by atoms with Crippen molar-refractivity contribution in [1.82, 2.24) is 0 Å². The summed E-state index contributed by atoms with van der Waals surface area (Å²) >= 11 is 5.91. The zero-order chi connectivity index (χ0) is 12.2. The molecule has 0 aliphatic rings. The summed E-state index contributed by atoms with van der Waals surface area (Å²) in [6.07, 6.45) is 1.52. The summed E-state index contributed by atoms with van der Waals surface area (Å²) < 4.78 is 25.7. The average molecular weight is 262 g/mol. The van der Waals surface area contributed by atoms with Crippen LogP contribution in [0.1, 0.15) is 25.3 Å². The maximum Gasteiger partial charge on any atom is 0.232 e. The van der Waals surface area contributed by atoms with Crippen molar-refractivity contribution < 1.29 is 8.42 Å². The van der Waals surface area contributed by atoms with Gasteiger partial charge in [-0.2, -0.15) is 0 Å². The first-order valence-electron chi connectivity index (χ1n) is 5.21. The molecule has 0 aromatic heterocycles. The van der Waals surface area contributed by atoms with Gasteiger partial charge < -0.3 is 0 Å². The maximum absolute atomic E-state index is 11.6. The summed E-state index contributed by atoms with van der Waals surface area (Å²) in [7, 11) is -3.24. The van der Waals surface area contributed by atoms with E-state index in [0.717, 1.165) is 12.0 Å². The van der Waals surface area contributed by atoms with Crippen molar-refractivity contribution >= 4 is 27.3 Å². The van der Waals surface area contributed by atoms with Gasteiger partial charge >= 0.3 is 0 Å². The molecule has 0 aliphatic carbocycles. The largest absolute Gasteiger partial charge is 0.284 e. The van der Waals surface area contributed by atoms with E-state index >= 15 is 0 Å². The Balaban J connectivity index is 2.76. The minimum absolute atomic E-state index is 0.148. The van der Waals surface area contributed by atoms with Crippen LogP contribution in [0.4, 0.5) is 5.69 Å². The summed E-state index contributed by atoms with van der Waals surface area (Å²) in [4.78, 5) is 0. The van der Waals surface area contributed by atoms with E-state index in [9.17, 15) is 8.42 Å². The summed E-state index contributed by atoms with van der Waals surface area (Å²) in [5.41, 5.74) is 1.45. The lowest BCUT2D eigenvalue weighted by atomic mass is 10.2. The Morgan fingerprint density at radius 3 is 2.62 bits per heavy atom. The highest BCUT2D eigenvalue weighted by Crippen LogP contribution is 2.20. The van der Waals surface area contributed by atoms with Crippen LogP contribution < -0.4 is 4.72 Å². The van der Waals surface area contributed by atoms with Gasteiger partial charge in [0.15, 0.2) is 0 Å². The number of unbranched alkanes of at least 4 members (excludes halogenated alkanes) is 1. The molecule has 0 fully saturated rings. The molecule has 0 amide bonds. The smallest absolute Gasteiger partial charge is 0.232 e. The summed E-state index contributed by atoms with van der Waals surface area (Å²) in [6, 6.07) is 5.13. The van der Waals surface area contributed by atoms with Crippen LogP contribution in [0.25, 0.3) is 0 Å². The third-order valence-electron chi connectivity index (χ3n) is 2.21. The molecule has 0 saturated heterocycles. The van der Waals surface area contributed by atoms with Gasteiger partial charge in [0.05, 0.1) is 5.75 Å². The number of sulfonamides is 1. The normalized spacial score (nSPS) is 11.4. The van der Waals surface area contributed by atoms with Gasteiger partial charge in [-0.25, -0.2) is 8.42 Å². The molecule has 0 bridgehead atoms. The summed E-state index contributed by atoms with van der Waals surface area (Å²) in [5, 5.41) is 0.565. The molecule has 0 heterocycles. The monoisotopic (exact) mass is 261 g/mol. The molecule has 16 heavy (non-hydrogen) atoms. The SMILES string of the molecule is CCCCS(=O)(=O)Nc1ccc(C)c(Cl)c1. The standard InChI is InChI=1S/C11H16ClNO2S/c1-3-4-7-16(14,15)13-10-6-5-9(2)11(12)8-10/h5-6,8,13H,3-4,7H2,1-2H3. The number of rotatable bonds is 5. The lowest BCUT2D eigenvalue weighted by Crippen LogP contribution is -2.16. The third kappa shape index (κ3) is 4.02. The maximum atomic E-state index is 11.6. The van der Waals surface area contributed by atoms with Crippen molar-refractivity contribution in [2.75, 3.05) is 10.5 Å². The number of hydrogen-bond acceptors (Lipinski definition) is 2. The van der Waals surface area contributed by atoms with Crippen molar-refractivity contribution in [2.24, 2.45) is 0 Å². The predicted molar refractivity (Wildman–Crippen MR) is 68.5 cm³/mol. The van der Waals surface area contributed by atoms with E-state index in [1.165, 1.54) is 0 Å². The van der Waals surface area contributed by atoms with Gasteiger partial charge in [-0.1, -0.05) is 31.0 Å².